The van der Waals surface area contributed by atoms with Crippen molar-refractivity contribution < 1.29 is 4.79 Å². The predicted molar refractivity (Wildman–Crippen MR) is 144 cm³/mol. The van der Waals surface area contributed by atoms with Crippen molar-refractivity contribution >= 4 is 16.6 Å². The normalized spacial score (nSPS) is 11.4. The lowest BCUT2D eigenvalue weighted by molar-refractivity contribution is 0.102. The molecule has 0 N–H and O–H groups in total. The molecule has 0 atom stereocenters. The molecule has 36 heavy (non-hydrogen) atoms. The largest absolute Gasteiger partial charge is 0.309 e. The van der Waals surface area contributed by atoms with Crippen LogP contribution in [0.4, 0.5) is 0 Å². The molecule has 0 unspecified atom stereocenters. The summed E-state index contributed by atoms with van der Waals surface area (Å²) in [6, 6.07) is 44.9. The minimum absolute atomic E-state index is 0.0588. The van der Waals surface area contributed by atoms with Crippen LogP contribution in [-0.2, 0) is 5.54 Å². The third-order valence-corrected chi connectivity index (χ3v) is 6.84. The van der Waals surface area contributed by atoms with Gasteiger partial charge in [-0.25, -0.2) is 4.98 Å². The molecular weight excluding hydrogens is 440 g/mol. The summed E-state index contributed by atoms with van der Waals surface area (Å²) in [6.07, 6.45) is 3.47. The van der Waals surface area contributed by atoms with Gasteiger partial charge in [-0.1, -0.05) is 133 Å². The highest BCUT2D eigenvalue weighted by Crippen LogP contribution is 2.42. The minimum atomic E-state index is -0.796. The molecule has 172 valence electrons. The third-order valence-electron chi connectivity index (χ3n) is 6.84. The molecule has 1 aromatic heterocycles. The van der Waals surface area contributed by atoms with E-state index in [2.05, 4.69) is 41.4 Å². The molecule has 5 aromatic carbocycles. The maximum Gasteiger partial charge on any atom is 0.211 e. The molecular formula is C33H24N2O. The fraction of sp³-hybridized carbons (Fsp3) is 0.0303. The van der Waals surface area contributed by atoms with Crippen LogP contribution in [0.15, 0.2) is 146 Å². The van der Waals surface area contributed by atoms with Crippen molar-refractivity contribution in [2.24, 2.45) is 0 Å². The standard InChI is InChI=1S/C33H24N2O/c36-32(30-22-12-14-25-13-10-11-21-29(25)30)31-23-34-24-35(31)33(26-15-4-1-5-16-26,27-17-6-2-7-18-27)28-19-8-3-9-20-28/h1-24H. The Labute approximate surface area is 210 Å². The summed E-state index contributed by atoms with van der Waals surface area (Å²) in [5, 5.41) is 1.97. The first-order valence-corrected chi connectivity index (χ1v) is 12.0. The fourth-order valence-electron chi connectivity index (χ4n) is 5.25. The van der Waals surface area contributed by atoms with E-state index in [4.69, 9.17) is 0 Å². The Morgan fingerprint density at radius 3 is 1.67 bits per heavy atom. The highest BCUT2D eigenvalue weighted by atomic mass is 16.1. The van der Waals surface area contributed by atoms with Gasteiger partial charge >= 0.3 is 0 Å². The number of hydrogen-bond donors (Lipinski definition) is 0. The quantitative estimate of drug-likeness (QED) is 0.194. The highest BCUT2D eigenvalue weighted by Gasteiger charge is 2.40. The molecule has 0 aliphatic carbocycles. The second kappa shape index (κ2) is 9.12. The molecule has 3 nitrogen and oxygen atoms in total. The van der Waals surface area contributed by atoms with E-state index in [0.717, 1.165) is 27.5 Å². The van der Waals surface area contributed by atoms with E-state index in [1.807, 2.05) is 102 Å². The molecule has 0 aliphatic rings. The zero-order chi connectivity index (χ0) is 24.4. The van der Waals surface area contributed by atoms with Gasteiger partial charge in [-0.15, -0.1) is 0 Å². The molecule has 0 bridgehead atoms. The molecule has 0 amide bonds. The second-order valence-corrected chi connectivity index (χ2v) is 8.81. The van der Waals surface area contributed by atoms with Crippen LogP contribution < -0.4 is 0 Å². The lowest BCUT2D eigenvalue weighted by Crippen LogP contribution is -2.39. The maximum absolute atomic E-state index is 14.2. The number of aromatic nitrogens is 2. The molecule has 6 rings (SSSR count). The molecule has 0 saturated heterocycles. The van der Waals surface area contributed by atoms with E-state index in [0.29, 0.717) is 11.3 Å². The van der Waals surface area contributed by atoms with Gasteiger partial charge in [0.05, 0.1) is 12.5 Å². The van der Waals surface area contributed by atoms with Crippen molar-refractivity contribution in [2.75, 3.05) is 0 Å². The van der Waals surface area contributed by atoms with Crippen LogP contribution in [0, 0.1) is 0 Å². The number of imidazole rings is 1. The van der Waals surface area contributed by atoms with Crippen molar-refractivity contribution in [1.82, 2.24) is 9.55 Å². The van der Waals surface area contributed by atoms with Gasteiger partial charge in [0, 0.05) is 5.56 Å². The van der Waals surface area contributed by atoms with Crippen molar-refractivity contribution in [3.63, 3.8) is 0 Å². The average molecular weight is 465 g/mol. The van der Waals surface area contributed by atoms with Gasteiger partial charge in [-0.05, 0) is 27.5 Å². The van der Waals surface area contributed by atoms with Crippen LogP contribution in [0.2, 0.25) is 0 Å². The molecule has 0 spiro atoms. The SMILES string of the molecule is O=C(c1cccc2ccccc12)c1cncn1C(c1ccccc1)(c1ccccc1)c1ccccc1. The van der Waals surface area contributed by atoms with Gasteiger partial charge in [0.1, 0.15) is 11.2 Å². The minimum Gasteiger partial charge on any atom is -0.309 e. The van der Waals surface area contributed by atoms with Crippen LogP contribution in [0.25, 0.3) is 10.8 Å². The lowest BCUT2D eigenvalue weighted by Gasteiger charge is -2.38. The Bertz CT molecular complexity index is 1540. The number of fused-ring (bicyclic) bond motifs is 1. The first-order valence-electron chi connectivity index (χ1n) is 12.0. The lowest BCUT2D eigenvalue weighted by atomic mass is 9.76. The molecule has 3 heteroatoms. The molecule has 0 radical (unpaired) electrons. The first kappa shape index (κ1) is 21.8. The van der Waals surface area contributed by atoms with Crippen molar-refractivity contribution in [3.05, 3.63) is 174 Å². The van der Waals surface area contributed by atoms with E-state index in [-0.39, 0.29) is 5.78 Å². The molecule has 1 heterocycles. The van der Waals surface area contributed by atoms with Gasteiger partial charge in [0.15, 0.2) is 0 Å². The molecule has 0 saturated carbocycles. The Hall–Kier alpha value is -4.76. The Morgan fingerprint density at radius 1 is 0.583 bits per heavy atom. The highest BCUT2D eigenvalue weighted by molar-refractivity contribution is 6.15. The summed E-state index contributed by atoms with van der Waals surface area (Å²) in [4.78, 5) is 18.8. The Balaban J connectivity index is 1.67. The summed E-state index contributed by atoms with van der Waals surface area (Å²) >= 11 is 0. The molecule has 6 aromatic rings. The smallest absolute Gasteiger partial charge is 0.211 e. The summed E-state index contributed by atoms with van der Waals surface area (Å²) in [5.41, 5.74) is 3.54. The first-order chi connectivity index (χ1) is 17.8. The number of carbonyl (C=O) groups is 1. The third kappa shape index (κ3) is 3.45. The summed E-state index contributed by atoms with van der Waals surface area (Å²) in [5.74, 6) is -0.0588. The van der Waals surface area contributed by atoms with Gasteiger partial charge in [-0.3, -0.25) is 4.79 Å². The molecule has 0 fully saturated rings. The number of ketones is 1. The van der Waals surface area contributed by atoms with E-state index in [9.17, 15) is 4.79 Å². The average Bonchev–Trinajstić information content (AvgIpc) is 3.45. The predicted octanol–water partition coefficient (Wildman–Crippen LogP) is 7.11. The van der Waals surface area contributed by atoms with Gasteiger partial charge in [-0.2, -0.15) is 0 Å². The fourth-order valence-corrected chi connectivity index (χ4v) is 5.25. The number of hydrogen-bond acceptors (Lipinski definition) is 2. The topological polar surface area (TPSA) is 34.9 Å². The summed E-state index contributed by atoms with van der Waals surface area (Å²) < 4.78 is 2.04. The molecule has 0 aliphatic heterocycles. The number of benzene rings is 5. The summed E-state index contributed by atoms with van der Waals surface area (Å²) in [7, 11) is 0. The van der Waals surface area contributed by atoms with Crippen molar-refractivity contribution in [3.8, 4) is 0 Å². The number of nitrogens with zero attached hydrogens (tertiary/aromatic N) is 2. The summed E-state index contributed by atoms with van der Waals surface area (Å²) in [6.45, 7) is 0. The van der Waals surface area contributed by atoms with E-state index >= 15 is 0 Å². The zero-order valence-electron chi connectivity index (χ0n) is 19.7. The number of rotatable bonds is 6. The van der Waals surface area contributed by atoms with Crippen molar-refractivity contribution in [2.45, 2.75) is 5.54 Å². The van der Waals surface area contributed by atoms with E-state index in [1.54, 1.807) is 12.5 Å². The Morgan fingerprint density at radius 2 is 1.08 bits per heavy atom. The monoisotopic (exact) mass is 464 g/mol. The van der Waals surface area contributed by atoms with Crippen molar-refractivity contribution in [1.29, 1.82) is 0 Å². The number of carbonyl (C=O) groups excluding carboxylic acids is 1. The van der Waals surface area contributed by atoms with E-state index in [1.165, 1.54) is 0 Å². The van der Waals surface area contributed by atoms with Crippen LogP contribution in [0.5, 0.6) is 0 Å². The maximum atomic E-state index is 14.2. The van der Waals surface area contributed by atoms with Crippen LogP contribution in [0.1, 0.15) is 32.7 Å². The van der Waals surface area contributed by atoms with Crippen LogP contribution in [-0.4, -0.2) is 15.3 Å². The van der Waals surface area contributed by atoms with Crippen LogP contribution in [0.3, 0.4) is 0 Å². The zero-order valence-corrected chi connectivity index (χ0v) is 19.7. The van der Waals surface area contributed by atoms with Gasteiger partial charge in [0.25, 0.3) is 0 Å². The Kier molecular flexibility index (Phi) is 5.51. The van der Waals surface area contributed by atoms with Gasteiger partial charge in [0.2, 0.25) is 5.78 Å². The van der Waals surface area contributed by atoms with Gasteiger partial charge < -0.3 is 4.57 Å². The van der Waals surface area contributed by atoms with Crippen LogP contribution >= 0.6 is 0 Å². The second-order valence-electron chi connectivity index (χ2n) is 8.81. The van der Waals surface area contributed by atoms with E-state index < -0.39 is 5.54 Å².